The Kier molecular flexibility index (Phi) is 5.48. The highest BCUT2D eigenvalue weighted by atomic mass is 16.5. The van der Waals surface area contributed by atoms with Crippen LogP contribution in [0.4, 0.5) is 0 Å². The molecule has 6 nitrogen and oxygen atoms in total. The summed E-state index contributed by atoms with van der Waals surface area (Å²) in [7, 11) is 1.72. The van der Waals surface area contributed by atoms with Crippen LogP contribution < -0.4 is 9.47 Å². The number of hydrogen-bond donors (Lipinski definition) is 0. The number of pyridine rings is 1. The summed E-state index contributed by atoms with van der Waals surface area (Å²) >= 11 is 0. The van der Waals surface area contributed by atoms with Crippen LogP contribution in [0.5, 0.6) is 11.6 Å². The minimum absolute atomic E-state index is 0.203. The molecule has 0 N–H and O–H groups in total. The van der Waals surface area contributed by atoms with Crippen molar-refractivity contribution in [1.82, 2.24) is 19.9 Å². The van der Waals surface area contributed by atoms with Crippen LogP contribution in [0.25, 0.3) is 0 Å². The molecule has 0 unspecified atom stereocenters. The molecule has 6 heteroatoms. The van der Waals surface area contributed by atoms with Crippen LogP contribution in [0, 0.1) is 20.8 Å². The summed E-state index contributed by atoms with van der Waals surface area (Å²) in [4.78, 5) is 15.5. The van der Waals surface area contributed by atoms with Crippen LogP contribution in [0.15, 0.2) is 18.6 Å². The summed E-state index contributed by atoms with van der Waals surface area (Å²) in [6, 6.07) is 0. The van der Waals surface area contributed by atoms with E-state index in [-0.39, 0.29) is 6.10 Å². The Morgan fingerprint density at radius 3 is 2.56 bits per heavy atom. The lowest BCUT2D eigenvalue weighted by atomic mass is 10.1. The molecule has 2 aromatic rings. The minimum atomic E-state index is 0.203. The molecule has 0 spiro atoms. The fourth-order valence-electron chi connectivity index (χ4n) is 3.30. The monoisotopic (exact) mass is 342 g/mol. The number of aromatic nitrogens is 3. The third kappa shape index (κ3) is 4.25. The molecule has 1 aliphatic rings. The van der Waals surface area contributed by atoms with E-state index in [1.54, 1.807) is 19.5 Å². The molecule has 3 rings (SSSR count). The third-order valence-electron chi connectivity index (χ3n) is 4.68. The average molecular weight is 342 g/mol. The van der Waals surface area contributed by atoms with E-state index >= 15 is 0 Å². The zero-order chi connectivity index (χ0) is 17.8. The second-order valence-electron chi connectivity index (χ2n) is 6.64. The number of piperidine rings is 1. The van der Waals surface area contributed by atoms with E-state index in [4.69, 9.17) is 9.47 Å². The lowest BCUT2D eigenvalue weighted by Crippen LogP contribution is -2.38. The second kappa shape index (κ2) is 7.78. The molecule has 3 heterocycles. The van der Waals surface area contributed by atoms with E-state index < -0.39 is 0 Å². The van der Waals surface area contributed by atoms with Gasteiger partial charge in [-0.3, -0.25) is 14.9 Å². The average Bonchev–Trinajstić information content (AvgIpc) is 2.60. The largest absolute Gasteiger partial charge is 0.496 e. The maximum atomic E-state index is 5.97. The molecule has 0 radical (unpaired) electrons. The summed E-state index contributed by atoms with van der Waals surface area (Å²) in [5.41, 5.74) is 4.18. The number of aryl methyl sites for hydroxylation is 2. The first-order chi connectivity index (χ1) is 12.1. The van der Waals surface area contributed by atoms with E-state index in [1.165, 1.54) is 0 Å². The Morgan fingerprint density at radius 1 is 1.12 bits per heavy atom. The van der Waals surface area contributed by atoms with Gasteiger partial charge in [-0.2, -0.15) is 0 Å². The smallest absolute Gasteiger partial charge is 0.232 e. The molecule has 0 aliphatic carbocycles. The van der Waals surface area contributed by atoms with Crippen LogP contribution in [0.1, 0.15) is 35.4 Å². The predicted molar refractivity (Wildman–Crippen MR) is 96.0 cm³/mol. The van der Waals surface area contributed by atoms with Gasteiger partial charge in [0.1, 0.15) is 11.9 Å². The van der Waals surface area contributed by atoms with Gasteiger partial charge in [-0.25, -0.2) is 4.98 Å². The lowest BCUT2D eigenvalue weighted by molar-refractivity contribution is 0.0919. The standard InChI is InChI=1S/C19H26N4O2/c1-13-9-21-17(15(3)19(13)24-4)12-23-7-5-16(6-8-23)25-18-11-20-10-14(2)22-18/h9-11,16H,5-8,12H2,1-4H3. The molecular weight excluding hydrogens is 316 g/mol. The lowest BCUT2D eigenvalue weighted by Gasteiger charge is -2.32. The Morgan fingerprint density at radius 2 is 1.88 bits per heavy atom. The van der Waals surface area contributed by atoms with Crippen molar-refractivity contribution in [3.05, 3.63) is 41.1 Å². The van der Waals surface area contributed by atoms with Gasteiger partial charge in [0.15, 0.2) is 0 Å². The second-order valence-corrected chi connectivity index (χ2v) is 6.64. The number of hydrogen-bond acceptors (Lipinski definition) is 6. The molecule has 0 amide bonds. The number of rotatable bonds is 5. The van der Waals surface area contributed by atoms with Crippen LogP contribution in [0.2, 0.25) is 0 Å². The Labute approximate surface area is 149 Å². The van der Waals surface area contributed by atoms with Gasteiger partial charge in [0, 0.05) is 43.2 Å². The number of likely N-dealkylation sites (tertiary alicyclic amines) is 1. The van der Waals surface area contributed by atoms with Crippen LogP contribution >= 0.6 is 0 Å². The molecule has 0 aromatic carbocycles. The molecule has 1 saturated heterocycles. The Balaban J connectivity index is 1.56. The van der Waals surface area contributed by atoms with Crippen molar-refractivity contribution in [2.45, 2.75) is 46.3 Å². The molecule has 0 bridgehead atoms. The SMILES string of the molecule is COc1c(C)cnc(CN2CCC(Oc3cncc(C)n3)CC2)c1C. The molecule has 0 atom stereocenters. The predicted octanol–water partition coefficient (Wildman–Crippen LogP) is 2.85. The van der Waals surface area contributed by atoms with Gasteiger partial charge in [-0.1, -0.05) is 0 Å². The summed E-state index contributed by atoms with van der Waals surface area (Å²) < 4.78 is 11.5. The van der Waals surface area contributed by atoms with Crippen molar-refractivity contribution in [2.24, 2.45) is 0 Å². The quantitative estimate of drug-likeness (QED) is 0.833. The summed E-state index contributed by atoms with van der Waals surface area (Å²) in [6.07, 6.45) is 7.49. The molecule has 1 fully saturated rings. The van der Waals surface area contributed by atoms with E-state index in [0.29, 0.717) is 5.88 Å². The highest BCUT2D eigenvalue weighted by Gasteiger charge is 2.22. The number of methoxy groups -OCH3 is 1. The van der Waals surface area contributed by atoms with Crippen LogP contribution in [0.3, 0.4) is 0 Å². The van der Waals surface area contributed by atoms with Gasteiger partial charge in [0.2, 0.25) is 5.88 Å². The van der Waals surface area contributed by atoms with Crippen molar-refractivity contribution in [2.75, 3.05) is 20.2 Å². The first kappa shape index (κ1) is 17.6. The summed E-state index contributed by atoms with van der Waals surface area (Å²) in [6.45, 7) is 8.86. The zero-order valence-electron chi connectivity index (χ0n) is 15.5. The highest BCUT2D eigenvalue weighted by molar-refractivity contribution is 5.41. The molecular formula is C19H26N4O2. The minimum Gasteiger partial charge on any atom is -0.496 e. The van der Waals surface area contributed by atoms with Crippen molar-refractivity contribution < 1.29 is 9.47 Å². The van der Waals surface area contributed by atoms with Crippen molar-refractivity contribution >= 4 is 0 Å². The fourth-order valence-corrected chi connectivity index (χ4v) is 3.30. The number of nitrogens with zero attached hydrogens (tertiary/aromatic N) is 4. The van der Waals surface area contributed by atoms with E-state index in [2.05, 4.69) is 26.8 Å². The Bertz CT molecular complexity index is 727. The van der Waals surface area contributed by atoms with Gasteiger partial charge in [0.05, 0.1) is 24.7 Å². The topological polar surface area (TPSA) is 60.4 Å². The van der Waals surface area contributed by atoms with E-state index in [1.807, 2.05) is 20.0 Å². The highest BCUT2D eigenvalue weighted by Crippen LogP contribution is 2.26. The van der Waals surface area contributed by atoms with Crippen molar-refractivity contribution in [3.63, 3.8) is 0 Å². The van der Waals surface area contributed by atoms with Gasteiger partial charge in [0.25, 0.3) is 0 Å². The molecule has 0 saturated carbocycles. The first-order valence-corrected chi connectivity index (χ1v) is 8.73. The van der Waals surface area contributed by atoms with Crippen LogP contribution in [-0.2, 0) is 6.54 Å². The molecule has 2 aromatic heterocycles. The fraction of sp³-hybridized carbons (Fsp3) is 0.526. The molecule has 134 valence electrons. The van der Waals surface area contributed by atoms with Gasteiger partial charge in [-0.05, 0) is 33.6 Å². The number of ether oxygens (including phenoxy) is 2. The van der Waals surface area contributed by atoms with Crippen molar-refractivity contribution in [3.8, 4) is 11.6 Å². The molecule has 1 aliphatic heterocycles. The van der Waals surface area contributed by atoms with Gasteiger partial charge >= 0.3 is 0 Å². The summed E-state index contributed by atoms with van der Waals surface area (Å²) in [5, 5.41) is 0. The third-order valence-corrected chi connectivity index (χ3v) is 4.68. The first-order valence-electron chi connectivity index (χ1n) is 8.73. The molecule has 25 heavy (non-hydrogen) atoms. The van der Waals surface area contributed by atoms with E-state index in [0.717, 1.165) is 60.7 Å². The maximum absolute atomic E-state index is 5.97. The van der Waals surface area contributed by atoms with Gasteiger partial charge in [-0.15, -0.1) is 0 Å². The maximum Gasteiger partial charge on any atom is 0.232 e. The summed E-state index contributed by atoms with van der Waals surface area (Å²) in [5.74, 6) is 1.57. The van der Waals surface area contributed by atoms with Crippen LogP contribution in [-0.4, -0.2) is 46.2 Å². The van der Waals surface area contributed by atoms with E-state index in [9.17, 15) is 0 Å². The van der Waals surface area contributed by atoms with Crippen molar-refractivity contribution in [1.29, 1.82) is 0 Å². The Hall–Kier alpha value is -2.21. The van der Waals surface area contributed by atoms with Gasteiger partial charge < -0.3 is 9.47 Å². The normalized spacial score (nSPS) is 16.0. The zero-order valence-corrected chi connectivity index (χ0v) is 15.5.